The van der Waals surface area contributed by atoms with Gasteiger partial charge in [0.25, 0.3) is 5.91 Å². The Balaban J connectivity index is 1.41. The maximum atomic E-state index is 13.1. The molecule has 0 unspecified atom stereocenters. The standard InChI is InChI=1S/C23H27ClN4O2/c1-27(15-18-7-5-13-30-18)23(29)22-19-14-17(9-10-21(19)28(2)26-22)25-12-11-16-6-3-4-8-20(16)24/h3-8,13,17,25H,9-12,14-15H2,1-2H3/t17-/m1/s1. The van der Waals surface area contributed by atoms with Gasteiger partial charge < -0.3 is 14.6 Å². The number of aromatic nitrogens is 2. The van der Waals surface area contributed by atoms with Crippen LogP contribution in [0.15, 0.2) is 47.1 Å². The Morgan fingerprint density at radius 1 is 1.33 bits per heavy atom. The molecule has 0 spiro atoms. The first kappa shape index (κ1) is 20.7. The molecule has 158 valence electrons. The van der Waals surface area contributed by atoms with Crippen LogP contribution in [0.25, 0.3) is 0 Å². The fourth-order valence-corrected chi connectivity index (χ4v) is 4.37. The molecule has 4 rings (SSSR count). The number of carbonyl (C=O) groups is 1. The van der Waals surface area contributed by atoms with Gasteiger partial charge in [0.15, 0.2) is 5.69 Å². The molecule has 1 atom stereocenters. The van der Waals surface area contributed by atoms with E-state index >= 15 is 0 Å². The quantitative estimate of drug-likeness (QED) is 0.626. The van der Waals surface area contributed by atoms with Crippen LogP contribution in [0.2, 0.25) is 5.02 Å². The lowest BCUT2D eigenvalue weighted by molar-refractivity contribution is 0.0767. The minimum atomic E-state index is -0.0695. The summed E-state index contributed by atoms with van der Waals surface area (Å²) >= 11 is 6.26. The Morgan fingerprint density at radius 2 is 2.17 bits per heavy atom. The highest BCUT2D eigenvalue weighted by Gasteiger charge is 2.29. The van der Waals surface area contributed by atoms with Crippen LogP contribution in [0.3, 0.4) is 0 Å². The van der Waals surface area contributed by atoms with Gasteiger partial charge in [-0.05, 0) is 56.0 Å². The summed E-state index contributed by atoms with van der Waals surface area (Å²) in [6, 6.07) is 12.0. The van der Waals surface area contributed by atoms with Gasteiger partial charge >= 0.3 is 0 Å². The van der Waals surface area contributed by atoms with Crippen molar-refractivity contribution in [2.45, 2.75) is 38.3 Å². The van der Waals surface area contributed by atoms with Crippen LogP contribution in [-0.2, 0) is 32.9 Å². The van der Waals surface area contributed by atoms with E-state index < -0.39 is 0 Å². The normalized spacial score (nSPS) is 15.8. The number of amides is 1. The number of nitrogens with one attached hydrogen (secondary N) is 1. The van der Waals surface area contributed by atoms with Crippen LogP contribution in [-0.4, -0.2) is 40.2 Å². The van der Waals surface area contributed by atoms with E-state index in [-0.39, 0.29) is 5.91 Å². The van der Waals surface area contributed by atoms with Crippen LogP contribution >= 0.6 is 11.6 Å². The van der Waals surface area contributed by atoms with Crippen molar-refractivity contribution in [3.8, 4) is 0 Å². The van der Waals surface area contributed by atoms with Gasteiger partial charge in [0.1, 0.15) is 5.76 Å². The van der Waals surface area contributed by atoms with E-state index in [0.29, 0.717) is 18.3 Å². The molecule has 1 aliphatic carbocycles. The van der Waals surface area contributed by atoms with Gasteiger partial charge in [-0.3, -0.25) is 9.48 Å². The molecule has 1 aliphatic rings. The number of benzene rings is 1. The lowest BCUT2D eigenvalue weighted by atomic mass is 9.91. The summed E-state index contributed by atoms with van der Waals surface area (Å²) in [6.07, 6.45) is 5.26. The summed E-state index contributed by atoms with van der Waals surface area (Å²) in [5.41, 5.74) is 3.93. The van der Waals surface area contributed by atoms with Crippen LogP contribution < -0.4 is 5.32 Å². The number of aryl methyl sites for hydroxylation is 1. The number of nitrogens with zero attached hydrogens (tertiary/aromatic N) is 3. The van der Waals surface area contributed by atoms with Crippen molar-refractivity contribution < 1.29 is 9.21 Å². The average Bonchev–Trinajstić information content (AvgIpc) is 3.36. The van der Waals surface area contributed by atoms with Gasteiger partial charge in [0.05, 0.1) is 12.8 Å². The molecular formula is C23H27ClN4O2. The summed E-state index contributed by atoms with van der Waals surface area (Å²) in [5, 5.41) is 9.02. The molecular weight excluding hydrogens is 400 g/mol. The third-order valence-electron chi connectivity index (χ3n) is 5.76. The van der Waals surface area contributed by atoms with Gasteiger partial charge in [-0.2, -0.15) is 5.10 Å². The van der Waals surface area contributed by atoms with Crippen molar-refractivity contribution in [1.82, 2.24) is 20.0 Å². The maximum absolute atomic E-state index is 13.1. The average molecular weight is 427 g/mol. The van der Waals surface area contributed by atoms with Gasteiger partial charge in [-0.25, -0.2) is 0 Å². The zero-order chi connectivity index (χ0) is 21.1. The number of fused-ring (bicyclic) bond motifs is 1. The number of carbonyl (C=O) groups excluding carboxylic acids is 1. The SMILES string of the molecule is CN(Cc1ccco1)C(=O)c1nn(C)c2c1C[C@H](NCCc1ccccc1Cl)CC2. The summed E-state index contributed by atoms with van der Waals surface area (Å²) in [7, 11) is 3.71. The second kappa shape index (κ2) is 9.06. The van der Waals surface area contributed by atoms with Crippen LogP contribution in [0.5, 0.6) is 0 Å². The Hall–Kier alpha value is -2.57. The Labute approximate surface area is 181 Å². The van der Waals surface area contributed by atoms with E-state index in [2.05, 4.69) is 16.5 Å². The fourth-order valence-electron chi connectivity index (χ4n) is 4.14. The lowest BCUT2D eigenvalue weighted by Crippen LogP contribution is -2.37. The van der Waals surface area contributed by atoms with Crippen molar-refractivity contribution in [3.05, 3.63) is 76.0 Å². The molecule has 1 amide bonds. The zero-order valence-corrected chi connectivity index (χ0v) is 18.2. The molecule has 30 heavy (non-hydrogen) atoms. The monoisotopic (exact) mass is 426 g/mol. The van der Waals surface area contributed by atoms with Gasteiger partial charge in [0, 0.05) is 36.4 Å². The largest absolute Gasteiger partial charge is 0.467 e. The molecule has 6 nitrogen and oxygen atoms in total. The molecule has 0 saturated heterocycles. The van der Waals surface area contributed by atoms with Gasteiger partial charge in [0.2, 0.25) is 0 Å². The molecule has 2 aromatic heterocycles. The zero-order valence-electron chi connectivity index (χ0n) is 17.4. The van der Waals surface area contributed by atoms with Crippen molar-refractivity contribution in [2.24, 2.45) is 7.05 Å². The second-order valence-electron chi connectivity index (χ2n) is 7.87. The third-order valence-corrected chi connectivity index (χ3v) is 6.13. The molecule has 0 bridgehead atoms. The molecule has 3 aromatic rings. The minimum Gasteiger partial charge on any atom is -0.467 e. The van der Waals surface area contributed by atoms with E-state index in [4.69, 9.17) is 16.0 Å². The summed E-state index contributed by atoms with van der Waals surface area (Å²) in [5.74, 6) is 0.690. The molecule has 1 aromatic carbocycles. The van der Waals surface area contributed by atoms with Crippen LogP contribution in [0.1, 0.15) is 39.5 Å². The molecule has 0 fully saturated rings. The van der Waals surface area contributed by atoms with Crippen molar-refractivity contribution in [3.63, 3.8) is 0 Å². The molecule has 0 radical (unpaired) electrons. The fraction of sp³-hybridized carbons (Fsp3) is 0.391. The maximum Gasteiger partial charge on any atom is 0.274 e. The number of halogens is 1. The highest BCUT2D eigenvalue weighted by atomic mass is 35.5. The van der Waals surface area contributed by atoms with E-state index in [9.17, 15) is 4.79 Å². The molecule has 0 saturated carbocycles. The minimum absolute atomic E-state index is 0.0695. The second-order valence-corrected chi connectivity index (χ2v) is 8.28. The summed E-state index contributed by atoms with van der Waals surface area (Å²) in [4.78, 5) is 14.7. The highest BCUT2D eigenvalue weighted by molar-refractivity contribution is 6.31. The Kier molecular flexibility index (Phi) is 6.25. The lowest BCUT2D eigenvalue weighted by Gasteiger charge is -2.25. The smallest absolute Gasteiger partial charge is 0.274 e. The predicted molar refractivity (Wildman–Crippen MR) is 117 cm³/mol. The van der Waals surface area contributed by atoms with Crippen LogP contribution in [0, 0.1) is 0 Å². The topological polar surface area (TPSA) is 63.3 Å². The van der Waals surface area contributed by atoms with E-state index in [1.54, 1.807) is 18.2 Å². The van der Waals surface area contributed by atoms with Crippen molar-refractivity contribution >= 4 is 17.5 Å². The van der Waals surface area contributed by atoms with Gasteiger partial charge in [-0.15, -0.1) is 0 Å². The van der Waals surface area contributed by atoms with Gasteiger partial charge in [-0.1, -0.05) is 29.8 Å². The number of furan rings is 1. The Morgan fingerprint density at radius 3 is 2.93 bits per heavy atom. The first-order valence-electron chi connectivity index (χ1n) is 10.3. The van der Waals surface area contributed by atoms with Crippen molar-refractivity contribution in [1.29, 1.82) is 0 Å². The molecule has 2 heterocycles. The summed E-state index contributed by atoms with van der Waals surface area (Å²) < 4.78 is 7.24. The van der Waals surface area contributed by atoms with E-state index in [0.717, 1.165) is 59.8 Å². The molecule has 0 aliphatic heterocycles. The third kappa shape index (κ3) is 4.45. The van der Waals surface area contributed by atoms with Crippen molar-refractivity contribution in [2.75, 3.05) is 13.6 Å². The van der Waals surface area contributed by atoms with E-state index in [1.165, 1.54) is 0 Å². The summed E-state index contributed by atoms with van der Waals surface area (Å²) in [6.45, 7) is 1.28. The predicted octanol–water partition coefficient (Wildman–Crippen LogP) is 3.63. The number of rotatable bonds is 7. The molecule has 7 heteroatoms. The first-order chi connectivity index (χ1) is 14.5. The first-order valence-corrected chi connectivity index (χ1v) is 10.7. The number of hydrogen-bond acceptors (Lipinski definition) is 4. The molecule has 1 N–H and O–H groups in total. The Bertz CT molecular complexity index is 1010. The number of hydrogen-bond donors (Lipinski definition) is 1. The van der Waals surface area contributed by atoms with E-state index in [1.807, 2.05) is 42.1 Å². The van der Waals surface area contributed by atoms with Crippen LogP contribution in [0.4, 0.5) is 0 Å². The highest BCUT2D eigenvalue weighted by Crippen LogP contribution is 2.26.